The highest BCUT2D eigenvalue weighted by atomic mass is 35.5. The summed E-state index contributed by atoms with van der Waals surface area (Å²) in [7, 11) is 0. The maximum absolute atomic E-state index is 12.0. The summed E-state index contributed by atoms with van der Waals surface area (Å²) in [5.41, 5.74) is 0.147. The zero-order valence-electron chi connectivity index (χ0n) is 11.9. The number of carbonyl (C=O) groups is 2. The van der Waals surface area contributed by atoms with E-state index in [1.165, 1.54) is 30.7 Å². The number of carboxylic acid groups (broad SMARTS) is 1. The van der Waals surface area contributed by atoms with E-state index in [9.17, 15) is 9.59 Å². The molecule has 0 radical (unpaired) electrons. The molecule has 0 spiro atoms. The molecule has 1 aliphatic rings. The van der Waals surface area contributed by atoms with E-state index in [-0.39, 0.29) is 17.2 Å². The van der Waals surface area contributed by atoms with Gasteiger partial charge < -0.3 is 10.4 Å². The van der Waals surface area contributed by atoms with Crippen LogP contribution in [0.2, 0.25) is 5.02 Å². The van der Waals surface area contributed by atoms with Gasteiger partial charge in [-0.05, 0) is 37.0 Å². The summed E-state index contributed by atoms with van der Waals surface area (Å²) < 4.78 is 0. The van der Waals surface area contributed by atoms with E-state index < -0.39 is 11.9 Å². The third kappa shape index (κ3) is 4.49. The van der Waals surface area contributed by atoms with Crippen molar-refractivity contribution in [2.75, 3.05) is 5.32 Å². The van der Waals surface area contributed by atoms with Crippen molar-refractivity contribution >= 4 is 40.8 Å². The molecule has 22 heavy (non-hydrogen) atoms. The highest BCUT2D eigenvalue weighted by molar-refractivity contribution is 6.32. The van der Waals surface area contributed by atoms with Crippen molar-refractivity contribution in [3.63, 3.8) is 0 Å². The van der Waals surface area contributed by atoms with Crippen LogP contribution in [0.25, 0.3) is 0 Å². The Bertz CT molecular complexity index is 607. The Morgan fingerprint density at radius 3 is 2.55 bits per heavy atom. The fraction of sp³-hybridized carbons (Fsp3) is 0.375. The number of anilines is 1. The molecule has 0 heterocycles. The third-order valence-corrected chi connectivity index (χ3v) is 4.39. The molecule has 1 aliphatic carbocycles. The number of rotatable bonds is 4. The second-order valence-electron chi connectivity index (χ2n) is 5.35. The molecule has 0 aromatic heterocycles. The number of amides is 1. The van der Waals surface area contributed by atoms with Crippen LogP contribution in [0.15, 0.2) is 29.3 Å². The second-order valence-corrected chi connectivity index (χ2v) is 6.22. The molecule has 1 aromatic rings. The molecule has 1 aromatic carbocycles. The van der Waals surface area contributed by atoms with Crippen molar-refractivity contribution in [3.8, 4) is 0 Å². The fourth-order valence-electron chi connectivity index (χ4n) is 2.59. The van der Waals surface area contributed by atoms with Crippen LogP contribution < -0.4 is 5.32 Å². The van der Waals surface area contributed by atoms with Gasteiger partial charge in [0.25, 0.3) is 0 Å². The van der Waals surface area contributed by atoms with E-state index in [0.29, 0.717) is 10.1 Å². The van der Waals surface area contributed by atoms with Gasteiger partial charge in [-0.2, -0.15) is 0 Å². The molecule has 2 rings (SSSR count). The molecular weight excluding hydrogens is 325 g/mol. The number of hydrogen-bond donors (Lipinski definition) is 2. The van der Waals surface area contributed by atoms with E-state index in [1.807, 2.05) is 0 Å². The maximum atomic E-state index is 12.0. The minimum absolute atomic E-state index is 0.0527. The van der Waals surface area contributed by atoms with E-state index >= 15 is 0 Å². The van der Waals surface area contributed by atoms with Gasteiger partial charge in [-0.15, -0.1) is 0 Å². The summed E-state index contributed by atoms with van der Waals surface area (Å²) in [5.74, 6) is -1.36. The van der Waals surface area contributed by atoms with Crippen LogP contribution in [0.3, 0.4) is 0 Å². The van der Waals surface area contributed by atoms with Crippen molar-refractivity contribution < 1.29 is 14.7 Å². The Morgan fingerprint density at radius 2 is 1.91 bits per heavy atom. The number of carbonyl (C=O) groups excluding carboxylic acids is 1. The monoisotopic (exact) mass is 341 g/mol. The fourth-order valence-corrected chi connectivity index (χ4v) is 3.08. The molecule has 4 nitrogen and oxygen atoms in total. The van der Waals surface area contributed by atoms with Crippen molar-refractivity contribution in [3.05, 3.63) is 39.9 Å². The summed E-state index contributed by atoms with van der Waals surface area (Å²) in [6.07, 6.45) is 6.78. The maximum Gasteiger partial charge on any atom is 0.337 e. The van der Waals surface area contributed by atoms with E-state index in [2.05, 4.69) is 5.32 Å². The number of allylic oxidation sites excluding steroid dienone is 1. The summed E-state index contributed by atoms with van der Waals surface area (Å²) in [6, 6.07) is 4.29. The first-order chi connectivity index (χ1) is 10.5. The summed E-state index contributed by atoms with van der Waals surface area (Å²) >= 11 is 12.0. The Morgan fingerprint density at radius 1 is 1.23 bits per heavy atom. The van der Waals surface area contributed by atoms with Gasteiger partial charge in [0.2, 0.25) is 5.91 Å². The Balaban J connectivity index is 2.10. The van der Waals surface area contributed by atoms with E-state index in [4.69, 9.17) is 28.3 Å². The Labute approximate surface area is 139 Å². The topological polar surface area (TPSA) is 66.4 Å². The normalized spacial score (nSPS) is 16.4. The van der Waals surface area contributed by atoms with E-state index in [0.717, 1.165) is 25.7 Å². The molecule has 0 atom stereocenters. The van der Waals surface area contributed by atoms with Crippen LogP contribution in [0.5, 0.6) is 0 Å². The van der Waals surface area contributed by atoms with Crippen molar-refractivity contribution in [2.24, 2.45) is 5.92 Å². The van der Waals surface area contributed by atoms with Gasteiger partial charge in [0.1, 0.15) is 0 Å². The number of benzene rings is 1. The quantitative estimate of drug-likeness (QED) is 0.781. The molecule has 2 N–H and O–H groups in total. The van der Waals surface area contributed by atoms with Gasteiger partial charge in [-0.1, -0.05) is 42.5 Å². The highest BCUT2D eigenvalue weighted by Crippen LogP contribution is 2.31. The van der Waals surface area contributed by atoms with Crippen LogP contribution >= 0.6 is 23.2 Å². The van der Waals surface area contributed by atoms with Crippen LogP contribution in [0.4, 0.5) is 5.69 Å². The predicted molar refractivity (Wildman–Crippen MR) is 87.6 cm³/mol. The molecule has 0 bridgehead atoms. The van der Waals surface area contributed by atoms with Crippen LogP contribution in [0, 0.1) is 5.92 Å². The lowest BCUT2D eigenvalue weighted by Gasteiger charge is -2.20. The van der Waals surface area contributed by atoms with Gasteiger partial charge in [0.05, 0.1) is 11.3 Å². The number of aromatic carboxylic acids is 1. The Hall–Kier alpha value is -1.52. The van der Waals surface area contributed by atoms with Gasteiger partial charge in [0, 0.05) is 16.1 Å². The lowest BCUT2D eigenvalue weighted by atomic mass is 9.89. The molecule has 1 saturated carbocycles. The molecule has 118 valence electrons. The van der Waals surface area contributed by atoms with Crippen LogP contribution in [0.1, 0.15) is 42.5 Å². The zero-order chi connectivity index (χ0) is 16.1. The first-order valence-corrected chi connectivity index (χ1v) is 7.94. The van der Waals surface area contributed by atoms with Crippen molar-refractivity contribution in [2.45, 2.75) is 32.1 Å². The first kappa shape index (κ1) is 16.8. The lowest BCUT2D eigenvalue weighted by Crippen LogP contribution is -2.14. The molecule has 0 unspecified atom stereocenters. The Kier molecular flexibility index (Phi) is 5.86. The standard InChI is InChI=1S/C16H17Cl2NO3/c17-11-6-7-14(12(8-11)16(21)22)19-15(20)9-13(18)10-4-2-1-3-5-10/h6-10H,1-5H2,(H,19,20)(H,21,22). The molecule has 0 aliphatic heterocycles. The average molecular weight is 342 g/mol. The lowest BCUT2D eigenvalue weighted by molar-refractivity contribution is -0.112. The van der Waals surface area contributed by atoms with Crippen LogP contribution in [-0.2, 0) is 4.79 Å². The number of nitrogens with one attached hydrogen (secondary N) is 1. The molecule has 1 amide bonds. The van der Waals surface area contributed by atoms with Gasteiger partial charge in [-0.25, -0.2) is 4.79 Å². The average Bonchev–Trinajstić information content (AvgIpc) is 2.49. The third-order valence-electron chi connectivity index (χ3n) is 3.73. The summed E-state index contributed by atoms with van der Waals surface area (Å²) in [6.45, 7) is 0. The summed E-state index contributed by atoms with van der Waals surface area (Å²) in [4.78, 5) is 23.2. The molecular formula is C16H17Cl2NO3. The number of carboxylic acids is 1. The van der Waals surface area contributed by atoms with E-state index in [1.54, 1.807) is 0 Å². The summed E-state index contributed by atoms with van der Waals surface area (Å²) in [5, 5.41) is 12.5. The van der Waals surface area contributed by atoms with Crippen molar-refractivity contribution in [1.82, 2.24) is 0 Å². The molecule has 0 saturated heterocycles. The SMILES string of the molecule is O=C(C=C(Cl)C1CCCCC1)Nc1ccc(Cl)cc1C(=O)O. The van der Waals surface area contributed by atoms with Gasteiger partial charge >= 0.3 is 5.97 Å². The van der Waals surface area contributed by atoms with Crippen molar-refractivity contribution in [1.29, 1.82) is 0 Å². The van der Waals surface area contributed by atoms with Gasteiger partial charge in [0.15, 0.2) is 0 Å². The van der Waals surface area contributed by atoms with Gasteiger partial charge in [-0.3, -0.25) is 4.79 Å². The highest BCUT2D eigenvalue weighted by Gasteiger charge is 2.18. The largest absolute Gasteiger partial charge is 0.478 e. The second kappa shape index (κ2) is 7.65. The first-order valence-electron chi connectivity index (χ1n) is 7.18. The zero-order valence-corrected chi connectivity index (χ0v) is 13.5. The molecule has 6 heteroatoms. The predicted octanol–water partition coefficient (Wildman–Crippen LogP) is 4.68. The smallest absolute Gasteiger partial charge is 0.337 e. The minimum Gasteiger partial charge on any atom is -0.478 e. The number of hydrogen-bond acceptors (Lipinski definition) is 2. The number of halogens is 2. The minimum atomic E-state index is -1.15. The molecule has 1 fully saturated rings. The van der Waals surface area contributed by atoms with Crippen LogP contribution in [-0.4, -0.2) is 17.0 Å².